The van der Waals surface area contributed by atoms with Crippen LogP contribution < -0.4 is 0 Å². The summed E-state index contributed by atoms with van der Waals surface area (Å²) in [7, 11) is -3.70. The van der Waals surface area contributed by atoms with Crippen LogP contribution in [0.1, 0.15) is 107 Å². The smallest absolute Gasteiger partial charge is 0.306 e. The SMILES string of the molecule is CC(C)(C)[Si](C)(C)O[C@@H]1CC[C@@]2(C)C(C1)OC(=O)C[C@H]1[C@@H]3CC[C@H](O[Si](C)(C)C(C)(C)C)[C@@]3(C)CC[C@@H]12. The van der Waals surface area contributed by atoms with Gasteiger partial charge in [0.05, 0.1) is 6.10 Å². The Morgan fingerprint density at radius 1 is 0.784 bits per heavy atom. The maximum Gasteiger partial charge on any atom is 0.306 e. The first-order chi connectivity index (χ1) is 16.7. The van der Waals surface area contributed by atoms with Crippen molar-refractivity contribution in [3.05, 3.63) is 0 Å². The van der Waals surface area contributed by atoms with Gasteiger partial charge in [-0.15, -0.1) is 0 Å². The van der Waals surface area contributed by atoms with Gasteiger partial charge in [-0.05, 0) is 98.0 Å². The quantitative estimate of drug-likeness (QED) is 0.259. The van der Waals surface area contributed by atoms with Crippen molar-refractivity contribution in [3.63, 3.8) is 0 Å². The lowest BCUT2D eigenvalue weighted by atomic mass is 9.51. The lowest BCUT2D eigenvalue weighted by Gasteiger charge is -2.56. The molecule has 37 heavy (non-hydrogen) atoms. The molecule has 0 aromatic heterocycles. The molecule has 0 aromatic carbocycles. The van der Waals surface area contributed by atoms with E-state index in [4.69, 9.17) is 13.6 Å². The molecule has 8 atom stereocenters. The molecular weight excluding hydrogens is 493 g/mol. The van der Waals surface area contributed by atoms with Crippen LogP contribution in [-0.4, -0.2) is 40.9 Å². The minimum Gasteiger partial charge on any atom is -0.462 e. The second-order valence-electron chi connectivity index (χ2n) is 16.8. The highest BCUT2D eigenvalue weighted by Gasteiger charge is 2.62. The van der Waals surface area contributed by atoms with Gasteiger partial charge in [-0.3, -0.25) is 4.79 Å². The van der Waals surface area contributed by atoms with E-state index in [-0.39, 0.29) is 39.1 Å². The van der Waals surface area contributed by atoms with E-state index in [9.17, 15) is 4.79 Å². The first kappa shape index (κ1) is 29.8. The van der Waals surface area contributed by atoms with Crippen molar-refractivity contribution >= 4 is 22.6 Å². The highest BCUT2D eigenvalue weighted by atomic mass is 28.4. The van der Waals surface area contributed by atoms with Crippen molar-refractivity contribution in [2.75, 3.05) is 0 Å². The van der Waals surface area contributed by atoms with E-state index in [0.717, 1.165) is 25.7 Å². The van der Waals surface area contributed by atoms with E-state index in [1.165, 1.54) is 19.3 Å². The summed E-state index contributed by atoms with van der Waals surface area (Å²) in [5.74, 6) is 1.58. The maximum atomic E-state index is 13.3. The molecule has 3 aliphatic carbocycles. The third kappa shape index (κ3) is 5.19. The van der Waals surface area contributed by atoms with Crippen molar-refractivity contribution in [1.82, 2.24) is 0 Å². The summed E-state index contributed by atoms with van der Waals surface area (Å²) in [4.78, 5) is 13.3. The Morgan fingerprint density at radius 3 is 1.92 bits per heavy atom. The zero-order valence-electron chi connectivity index (χ0n) is 26.3. The Kier molecular flexibility index (Phi) is 7.61. The average molecular weight is 551 g/mol. The van der Waals surface area contributed by atoms with Crippen LogP contribution in [0.15, 0.2) is 0 Å². The summed E-state index contributed by atoms with van der Waals surface area (Å²) in [6, 6.07) is 0. The minimum absolute atomic E-state index is 0.0106. The molecule has 1 unspecified atom stereocenters. The van der Waals surface area contributed by atoms with Crippen LogP contribution in [-0.2, 0) is 18.4 Å². The fourth-order valence-corrected chi connectivity index (χ4v) is 10.9. The van der Waals surface area contributed by atoms with Gasteiger partial charge in [-0.25, -0.2) is 0 Å². The van der Waals surface area contributed by atoms with Gasteiger partial charge in [-0.1, -0.05) is 55.4 Å². The number of fused-ring (bicyclic) bond motifs is 5. The van der Waals surface area contributed by atoms with Crippen molar-refractivity contribution in [3.8, 4) is 0 Å². The van der Waals surface area contributed by atoms with Gasteiger partial charge >= 0.3 is 5.97 Å². The fourth-order valence-electron chi connectivity index (χ4n) is 8.03. The molecule has 0 aromatic rings. The molecule has 1 aliphatic heterocycles. The van der Waals surface area contributed by atoms with Gasteiger partial charge in [0.2, 0.25) is 0 Å². The predicted octanol–water partition coefficient (Wildman–Crippen LogP) is 8.72. The molecule has 0 bridgehead atoms. The number of esters is 1. The monoisotopic (exact) mass is 550 g/mol. The van der Waals surface area contributed by atoms with Crippen molar-refractivity contribution < 1.29 is 18.4 Å². The Bertz CT molecular complexity index is 871. The van der Waals surface area contributed by atoms with Gasteiger partial charge in [0.15, 0.2) is 16.6 Å². The summed E-state index contributed by atoms with van der Waals surface area (Å²) >= 11 is 0. The topological polar surface area (TPSA) is 44.8 Å². The van der Waals surface area contributed by atoms with Crippen LogP contribution in [0.5, 0.6) is 0 Å². The highest BCUT2D eigenvalue weighted by Crippen LogP contribution is 2.64. The summed E-state index contributed by atoms with van der Waals surface area (Å²) in [5, 5.41) is 0.412. The van der Waals surface area contributed by atoms with Crippen LogP contribution >= 0.6 is 0 Å². The van der Waals surface area contributed by atoms with Gasteiger partial charge in [0.1, 0.15) is 6.10 Å². The van der Waals surface area contributed by atoms with Crippen LogP contribution in [0.25, 0.3) is 0 Å². The van der Waals surface area contributed by atoms with Gasteiger partial charge in [0, 0.05) is 24.4 Å². The number of carbonyl (C=O) groups excluding carboxylic acids is 1. The molecule has 3 saturated carbocycles. The van der Waals surface area contributed by atoms with E-state index in [0.29, 0.717) is 30.3 Å². The third-order valence-corrected chi connectivity index (χ3v) is 21.6. The molecule has 1 saturated heterocycles. The van der Waals surface area contributed by atoms with Crippen molar-refractivity contribution in [1.29, 1.82) is 0 Å². The molecule has 214 valence electrons. The van der Waals surface area contributed by atoms with Gasteiger partial charge in [-0.2, -0.15) is 0 Å². The largest absolute Gasteiger partial charge is 0.462 e. The van der Waals surface area contributed by atoms with E-state index < -0.39 is 16.6 Å². The summed E-state index contributed by atoms with van der Waals surface area (Å²) in [6.45, 7) is 28.4. The van der Waals surface area contributed by atoms with E-state index in [1.807, 2.05) is 0 Å². The standard InChI is InChI=1S/C31H58O4Si2/c1-28(2,3)36(9,10)34-21-15-17-31(8)24-16-18-30(7)23(22(24)20-27(32)33-26(31)19-21)13-14-25(30)35-37(11,12)29(4,5)6/h21-26H,13-20H2,1-12H3/t21-,22+,23+,24+,25+,26?,30+,31-/m1/s1. The second-order valence-corrected chi connectivity index (χ2v) is 26.3. The molecular formula is C31H58O4Si2. The predicted molar refractivity (Wildman–Crippen MR) is 158 cm³/mol. The van der Waals surface area contributed by atoms with E-state index in [2.05, 4.69) is 81.6 Å². The third-order valence-electron chi connectivity index (χ3n) is 12.6. The zero-order chi connectivity index (χ0) is 27.8. The molecule has 4 aliphatic rings. The lowest BCUT2D eigenvalue weighted by molar-refractivity contribution is -0.161. The summed E-state index contributed by atoms with van der Waals surface area (Å²) in [5.41, 5.74) is 0.236. The summed E-state index contributed by atoms with van der Waals surface area (Å²) < 4.78 is 20.3. The zero-order valence-corrected chi connectivity index (χ0v) is 28.3. The number of hydrogen-bond acceptors (Lipinski definition) is 4. The van der Waals surface area contributed by atoms with Crippen molar-refractivity contribution in [2.24, 2.45) is 28.6 Å². The Labute approximate surface area is 230 Å². The number of hydrogen-bond donors (Lipinski definition) is 0. The fraction of sp³-hybridized carbons (Fsp3) is 0.968. The van der Waals surface area contributed by atoms with Crippen LogP contribution in [0.3, 0.4) is 0 Å². The van der Waals surface area contributed by atoms with Crippen LogP contribution in [0.2, 0.25) is 36.3 Å². The van der Waals surface area contributed by atoms with Gasteiger partial charge < -0.3 is 13.6 Å². The molecule has 0 amide bonds. The van der Waals surface area contributed by atoms with E-state index in [1.54, 1.807) is 0 Å². The first-order valence-corrected chi connectivity index (χ1v) is 21.1. The molecule has 0 radical (unpaired) electrons. The normalized spacial score (nSPS) is 41.4. The molecule has 4 fully saturated rings. The van der Waals surface area contributed by atoms with E-state index >= 15 is 0 Å². The molecule has 4 rings (SSSR count). The second kappa shape index (κ2) is 9.44. The van der Waals surface area contributed by atoms with Gasteiger partial charge in [0.25, 0.3) is 0 Å². The highest BCUT2D eigenvalue weighted by molar-refractivity contribution is 6.74. The molecule has 0 N–H and O–H groups in total. The number of ether oxygens (including phenoxy) is 1. The first-order valence-electron chi connectivity index (χ1n) is 15.3. The van der Waals surface area contributed by atoms with Crippen molar-refractivity contribution in [2.45, 2.75) is 161 Å². The maximum absolute atomic E-state index is 13.3. The Morgan fingerprint density at radius 2 is 1.32 bits per heavy atom. The number of rotatable bonds is 4. The Balaban J connectivity index is 1.54. The number of carbonyl (C=O) groups is 1. The minimum atomic E-state index is -1.86. The molecule has 4 nitrogen and oxygen atoms in total. The molecule has 6 heteroatoms. The van der Waals surface area contributed by atoms with Crippen LogP contribution in [0.4, 0.5) is 0 Å². The average Bonchev–Trinajstić information content (AvgIpc) is 2.99. The summed E-state index contributed by atoms with van der Waals surface area (Å²) in [6.07, 6.45) is 8.97. The molecule has 1 heterocycles. The molecule has 0 spiro atoms. The Hall–Kier alpha value is -0.176. The van der Waals surface area contributed by atoms with Crippen LogP contribution in [0, 0.1) is 28.6 Å². The lowest BCUT2D eigenvalue weighted by Crippen LogP contribution is -2.55.